The Bertz CT molecular complexity index is 9670. The lowest BCUT2D eigenvalue weighted by Gasteiger charge is -2.18. The van der Waals surface area contributed by atoms with Crippen LogP contribution in [0.1, 0.15) is 16.7 Å². The predicted octanol–water partition coefficient (Wildman–Crippen LogP) is 38.0. The molecule has 15 heteroatoms. The van der Waals surface area contributed by atoms with Crippen molar-refractivity contribution in [1.82, 2.24) is 33.2 Å². The van der Waals surface area contributed by atoms with Crippen LogP contribution >= 0.6 is 90.7 Å². The van der Waals surface area contributed by atoms with E-state index < -0.39 is 0 Å². The van der Waals surface area contributed by atoms with Crippen LogP contribution in [0.4, 0.5) is 0 Å². The number of nitrogens with zero attached hydrogens (tertiary/aromatic N) is 7. The van der Waals surface area contributed by atoms with Crippen LogP contribution in [0.15, 0.2) is 425 Å². The number of benzene rings is 17. The normalized spacial score (nSPS) is 11.8. The fourth-order valence-corrected chi connectivity index (χ4v) is 30.9. The van der Waals surface area contributed by atoms with Crippen LogP contribution < -0.4 is 0 Å². The highest BCUT2D eigenvalue weighted by molar-refractivity contribution is 7.31. The van der Waals surface area contributed by atoms with E-state index >= 15 is 0 Å². The summed E-state index contributed by atoms with van der Waals surface area (Å²) in [5.74, 6) is 1.98. The average Bonchev–Trinajstić information content (AvgIpc) is 1.54. The third kappa shape index (κ3) is 13.8. The van der Waals surface area contributed by atoms with Crippen molar-refractivity contribution in [2.45, 2.75) is 20.8 Å². The van der Waals surface area contributed by atoms with E-state index in [0.717, 1.165) is 20.8 Å². The van der Waals surface area contributed by atoms with Crippen molar-refractivity contribution in [2.75, 3.05) is 0 Å². The summed E-state index contributed by atoms with van der Waals surface area (Å²) < 4.78 is 20.4. The largest absolute Gasteiger partial charge is 0.291 e. The summed E-state index contributed by atoms with van der Waals surface area (Å²) >= 11 is 15.0. The van der Waals surface area contributed by atoms with E-state index in [-0.39, 0.29) is 0 Å². The zero-order valence-electron chi connectivity index (χ0n) is 75.3. The molecule has 0 unspecified atom stereocenters. The van der Waals surface area contributed by atoms with Crippen LogP contribution in [0.25, 0.3) is 253 Å². The van der Waals surface area contributed by atoms with Gasteiger partial charge < -0.3 is 0 Å². The molecule has 0 atom stereocenters. The molecule has 658 valence electrons. The molecule has 17 aromatic carbocycles. The lowest BCUT2D eigenvalue weighted by atomic mass is 9.96. The molecular weight excluding hydrogens is 1840 g/mol. The lowest BCUT2D eigenvalue weighted by Crippen LogP contribution is -2.05. The molecule has 0 amide bonds. The number of aryl methyl sites for hydroxylation is 3. The van der Waals surface area contributed by atoms with Gasteiger partial charge in [0.15, 0.2) is 11.6 Å². The Morgan fingerprint density at radius 2 is 0.439 bits per heavy atom. The van der Waals surface area contributed by atoms with E-state index in [9.17, 15) is 0 Å². The average molecular weight is 1920 g/mol. The summed E-state index contributed by atoms with van der Waals surface area (Å²) in [5.41, 5.74) is 19.7. The highest BCUT2D eigenvalue weighted by atomic mass is 32.1. The van der Waals surface area contributed by atoms with Gasteiger partial charge in [-0.2, -0.15) is 9.97 Å². The molecule has 0 aliphatic carbocycles. The van der Waals surface area contributed by atoms with Crippen LogP contribution in [0, 0.1) is 20.8 Å². The molecule has 0 fully saturated rings. The van der Waals surface area contributed by atoms with Gasteiger partial charge in [0.1, 0.15) is 38.6 Å². The zero-order valence-corrected chi connectivity index (χ0v) is 81.8. The standard InChI is InChI=1S/C40H25NS2.C31H18N4S2.C28H17NS2.C25H19NS2/c1-4-13-26(14-5-1)29-23-24-35-33(25-29)37-36-32-19-10-11-22-34(32)42-39(36)41(40(37)43-35)38-30(27-15-6-2-7-16-27)20-12-21-31(38)28-17-8-3-9-18-28;1-3-11-19(12-4-1)27-32-28(20-13-5-2-6-14-20)34-31(33-27)35-29-25(21-15-7-9-17-23(21)36-29)26-22-16-8-10-18-24(22)37-30(26)35;1-2-10-18(11-3-1)19-12-4-7-15-22(19)29-27-25(20-13-5-8-16-23(20)30-27)26-21-14-6-9-17-24(21)31-28(26)29;1-14-12-15(2)23(16(3)13-14)26-24-21(17-8-4-6-10-19(17)27-24)22-18-9-5-7-11-20(18)28-25(22)26/h1-25H;1-18H;1-17H;4-13H,1-3H3. The van der Waals surface area contributed by atoms with Gasteiger partial charge in [0, 0.05) is 152 Å². The number of fused-ring (bicyclic) bond motifs is 28. The first kappa shape index (κ1) is 83.0. The first-order chi connectivity index (χ1) is 68.7. The third-order valence-electron chi connectivity index (χ3n) is 26.8. The van der Waals surface area contributed by atoms with E-state index in [4.69, 9.17) is 15.0 Å². The molecule has 0 radical (unpaired) electrons. The van der Waals surface area contributed by atoms with E-state index in [2.05, 4.69) is 403 Å². The Morgan fingerprint density at radius 1 is 0.180 bits per heavy atom. The molecule has 0 spiro atoms. The minimum atomic E-state index is 0.644. The minimum absolute atomic E-state index is 0.644. The Kier molecular flexibility index (Phi) is 20.4. The number of rotatable bonds is 10. The van der Waals surface area contributed by atoms with Crippen LogP contribution in [-0.2, 0) is 0 Å². The van der Waals surface area contributed by atoms with E-state index in [1.54, 1.807) is 22.7 Å². The van der Waals surface area contributed by atoms with Crippen LogP contribution in [0.3, 0.4) is 0 Å². The Balaban J connectivity index is 0.0000000944. The van der Waals surface area contributed by atoms with Crippen molar-refractivity contribution < 1.29 is 0 Å². The molecule has 30 rings (SSSR count). The van der Waals surface area contributed by atoms with Gasteiger partial charge in [-0.05, 0) is 120 Å². The number of hydrogen-bond acceptors (Lipinski definition) is 11. The van der Waals surface area contributed by atoms with Crippen LogP contribution in [0.2, 0.25) is 0 Å². The van der Waals surface area contributed by atoms with Crippen LogP contribution in [-0.4, -0.2) is 33.2 Å². The topological polar surface area (TPSA) is 58.4 Å². The van der Waals surface area contributed by atoms with Gasteiger partial charge in [-0.15, -0.1) is 90.7 Å². The highest BCUT2D eigenvalue weighted by Gasteiger charge is 2.31. The van der Waals surface area contributed by atoms with Crippen molar-refractivity contribution in [3.63, 3.8) is 0 Å². The van der Waals surface area contributed by atoms with E-state index in [0.29, 0.717) is 17.6 Å². The number of thiophene rings is 8. The summed E-state index contributed by atoms with van der Waals surface area (Å²) in [6.07, 6.45) is 0. The quantitative estimate of drug-likeness (QED) is 0.137. The summed E-state index contributed by atoms with van der Waals surface area (Å²) in [4.78, 5) is 25.4. The molecule has 7 nitrogen and oxygen atoms in total. The fraction of sp³-hybridized carbons (Fsp3) is 0.0242. The molecule has 139 heavy (non-hydrogen) atoms. The highest BCUT2D eigenvalue weighted by Crippen LogP contribution is 2.56. The maximum Gasteiger partial charge on any atom is 0.240 e. The fourth-order valence-electron chi connectivity index (χ4n) is 20.9. The van der Waals surface area contributed by atoms with E-state index in [1.165, 1.54) is 231 Å². The minimum Gasteiger partial charge on any atom is -0.291 e. The van der Waals surface area contributed by atoms with Crippen molar-refractivity contribution in [2.24, 2.45) is 0 Å². The van der Waals surface area contributed by atoms with Crippen molar-refractivity contribution in [3.8, 4) is 90.3 Å². The van der Waals surface area contributed by atoms with E-state index in [1.807, 2.05) is 129 Å². The lowest BCUT2D eigenvalue weighted by molar-refractivity contribution is 0.961. The van der Waals surface area contributed by atoms with Gasteiger partial charge in [0.25, 0.3) is 0 Å². The second kappa shape index (κ2) is 34.1. The molecule has 0 N–H and O–H groups in total. The molecule has 0 bridgehead atoms. The molecule has 0 aliphatic rings. The molecule has 0 saturated heterocycles. The van der Waals surface area contributed by atoms with Gasteiger partial charge in [-0.1, -0.05) is 370 Å². The van der Waals surface area contributed by atoms with Gasteiger partial charge >= 0.3 is 0 Å². The Morgan fingerprint density at radius 3 is 0.791 bits per heavy atom. The van der Waals surface area contributed by atoms with Gasteiger partial charge in [0.2, 0.25) is 5.95 Å². The number of para-hydroxylation sites is 2. The van der Waals surface area contributed by atoms with Crippen molar-refractivity contribution in [1.29, 1.82) is 0 Å². The van der Waals surface area contributed by atoms with Crippen LogP contribution in [0.5, 0.6) is 0 Å². The molecule has 30 aromatic rings. The van der Waals surface area contributed by atoms with Crippen molar-refractivity contribution in [3.05, 3.63) is 441 Å². The summed E-state index contributed by atoms with van der Waals surface area (Å²) in [7, 11) is 0. The third-order valence-corrected chi connectivity index (χ3v) is 36.1. The Labute approximate surface area is 831 Å². The predicted molar refractivity (Wildman–Crippen MR) is 606 cm³/mol. The summed E-state index contributed by atoms with van der Waals surface area (Å²) in [5, 5.41) is 21.5. The smallest absolute Gasteiger partial charge is 0.240 e. The second-order valence-corrected chi connectivity index (χ2v) is 43.5. The maximum absolute atomic E-state index is 5.07. The second-order valence-electron chi connectivity index (χ2n) is 35.2. The number of hydrogen-bond donors (Lipinski definition) is 0. The zero-order chi connectivity index (χ0) is 92.0. The van der Waals surface area contributed by atoms with Gasteiger partial charge in [-0.3, -0.25) is 18.3 Å². The molecular formula is C124H79N7S8. The van der Waals surface area contributed by atoms with Gasteiger partial charge in [0.05, 0.1) is 17.1 Å². The summed E-state index contributed by atoms with van der Waals surface area (Å²) in [6, 6.07) is 152. The first-order valence-electron chi connectivity index (χ1n) is 46.5. The Hall–Kier alpha value is -15.4. The first-order valence-corrected chi connectivity index (χ1v) is 53.0. The molecule has 13 aromatic heterocycles. The maximum atomic E-state index is 5.07. The number of aromatic nitrogens is 7. The molecule has 0 saturated carbocycles. The molecule has 0 aliphatic heterocycles. The van der Waals surface area contributed by atoms with Crippen molar-refractivity contribution >= 4 is 253 Å². The monoisotopic (exact) mass is 1920 g/mol. The summed E-state index contributed by atoms with van der Waals surface area (Å²) in [6.45, 7) is 6.67. The van der Waals surface area contributed by atoms with Gasteiger partial charge in [-0.25, -0.2) is 4.98 Å². The SMILES string of the molecule is Cc1cc(C)c(-n2c3sc4ccccc4c3c3c4ccccc4sc32)c(C)c1.c1ccc(-c2ccc3sc4c(c3c2)c2c3ccccc3sc2n4-c2c(-c3ccccc3)cccc2-c2ccccc2)cc1.c1ccc(-c2ccccc2-n2c3sc4ccccc4c3c3c4ccccc4sc32)cc1.c1ccc(-c2nc(-c3ccccc3)nc(-n3c4sc5ccccc5c4c4c5ccccc5sc43)n2)cc1. The molecule has 13 heterocycles.